The zero-order valence-electron chi connectivity index (χ0n) is 14.5. The summed E-state index contributed by atoms with van der Waals surface area (Å²) in [5.74, 6) is 2.46. The van der Waals surface area contributed by atoms with Gasteiger partial charge in [0.05, 0.1) is 0 Å². The van der Waals surface area contributed by atoms with Crippen LogP contribution in [0.4, 0.5) is 0 Å². The molecule has 0 aromatic rings. The topological polar surface area (TPSA) is 12.0 Å². The molecule has 19 heavy (non-hydrogen) atoms. The van der Waals surface area contributed by atoms with Gasteiger partial charge in [0, 0.05) is 6.04 Å². The third kappa shape index (κ3) is 10.4. The van der Waals surface area contributed by atoms with Gasteiger partial charge in [0.25, 0.3) is 0 Å². The Morgan fingerprint density at radius 3 is 1.58 bits per heavy atom. The van der Waals surface area contributed by atoms with Crippen LogP contribution >= 0.6 is 0 Å². The van der Waals surface area contributed by atoms with Crippen molar-refractivity contribution in [3.63, 3.8) is 0 Å². The van der Waals surface area contributed by atoms with Crippen molar-refractivity contribution >= 4 is 0 Å². The summed E-state index contributed by atoms with van der Waals surface area (Å²) < 4.78 is 0. The van der Waals surface area contributed by atoms with E-state index in [9.17, 15) is 0 Å². The second kappa shape index (κ2) is 11.8. The minimum atomic E-state index is 0.709. The van der Waals surface area contributed by atoms with Crippen LogP contribution in [0.1, 0.15) is 86.0 Å². The summed E-state index contributed by atoms with van der Waals surface area (Å²) in [7, 11) is 2.12. The van der Waals surface area contributed by atoms with E-state index in [-0.39, 0.29) is 0 Å². The molecule has 0 saturated heterocycles. The summed E-state index contributed by atoms with van der Waals surface area (Å²) in [5.41, 5.74) is 0. The van der Waals surface area contributed by atoms with Crippen LogP contribution in [0.2, 0.25) is 0 Å². The van der Waals surface area contributed by atoms with Crippen LogP contribution < -0.4 is 5.32 Å². The molecule has 0 heterocycles. The van der Waals surface area contributed by atoms with Gasteiger partial charge in [0.2, 0.25) is 0 Å². The maximum absolute atomic E-state index is 3.51. The van der Waals surface area contributed by atoms with Gasteiger partial charge in [-0.05, 0) is 31.2 Å². The molecule has 1 nitrogen and oxygen atoms in total. The molecule has 0 amide bonds. The van der Waals surface area contributed by atoms with E-state index in [4.69, 9.17) is 0 Å². The monoisotopic (exact) mass is 269 g/mol. The maximum Gasteiger partial charge on any atom is 0.00921 e. The number of unbranched alkanes of at least 4 members (excludes halogenated alkanes) is 5. The molecule has 0 aliphatic carbocycles. The summed E-state index contributed by atoms with van der Waals surface area (Å²) >= 11 is 0. The first-order chi connectivity index (χ1) is 8.99. The van der Waals surface area contributed by atoms with Gasteiger partial charge >= 0.3 is 0 Å². The normalized spacial score (nSPS) is 15.2. The van der Waals surface area contributed by atoms with Crippen molar-refractivity contribution in [3.05, 3.63) is 0 Å². The first kappa shape index (κ1) is 19.0. The Bertz CT molecular complexity index is 186. The average molecular weight is 270 g/mol. The first-order valence-corrected chi connectivity index (χ1v) is 8.66. The standard InChI is InChI=1S/C18H39N/c1-15(2)13-11-9-7-8-10-12-14-18(19-6)17(5)16(3)4/h15-19H,7-14H2,1-6H3. The van der Waals surface area contributed by atoms with E-state index < -0.39 is 0 Å². The van der Waals surface area contributed by atoms with Crippen molar-refractivity contribution in [2.75, 3.05) is 7.05 Å². The van der Waals surface area contributed by atoms with Crippen molar-refractivity contribution in [2.45, 2.75) is 92.0 Å². The van der Waals surface area contributed by atoms with E-state index in [0.717, 1.165) is 17.8 Å². The molecule has 2 unspecified atom stereocenters. The number of rotatable bonds is 12. The second-order valence-electron chi connectivity index (χ2n) is 7.09. The van der Waals surface area contributed by atoms with E-state index in [0.29, 0.717) is 6.04 Å². The Hall–Kier alpha value is -0.0400. The molecule has 0 radical (unpaired) electrons. The van der Waals surface area contributed by atoms with Crippen LogP contribution in [0, 0.1) is 17.8 Å². The van der Waals surface area contributed by atoms with Crippen molar-refractivity contribution < 1.29 is 0 Å². The van der Waals surface area contributed by atoms with Gasteiger partial charge in [-0.2, -0.15) is 0 Å². The van der Waals surface area contributed by atoms with Crippen LogP contribution in [0.3, 0.4) is 0 Å². The van der Waals surface area contributed by atoms with Crippen molar-refractivity contribution in [2.24, 2.45) is 17.8 Å². The lowest BCUT2D eigenvalue weighted by Crippen LogP contribution is -2.34. The molecular formula is C18H39N. The lowest BCUT2D eigenvalue weighted by atomic mass is 9.87. The van der Waals surface area contributed by atoms with E-state index >= 15 is 0 Å². The molecule has 2 atom stereocenters. The van der Waals surface area contributed by atoms with Crippen LogP contribution in [0.5, 0.6) is 0 Å². The Morgan fingerprint density at radius 1 is 0.684 bits per heavy atom. The van der Waals surface area contributed by atoms with Gasteiger partial charge in [0.1, 0.15) is 0 Å². The SMILES string of the molecule is CNC(CCCCCCCCC(C)C)C(C)C(C)C. The summed E-state index contributed by atoms with van der Waals surface area (Å²) in [6.07, 6.45) is 11.3. The fourth-order valence-electron chi connectivity index (χ4n) is 2.76. The molecule has 0 aliphatic heterocycles. The van der Waals surface area contributed by atoms with Crippen molar-refractivity contribution in [1.82, 2.24) is 5.32 Å². The number of nitrogens with one attached hydrogen (secondary N) is 1. The van der Waals surface area contributed by atoms with Crippen LogP contribution in [0.25, 0.3) is 0 Å². The molecule has 0 bridgehead atoms. The van der Waals surface area contributed by atoms with Gasteiger partial charge in [-0.25, -0.2) is 0 Å². The van der Waals surface area contributed by atoms with Gasteiger partial charge in [0.15, 0.2) is 0 Å². The van der Waals surface area contributed by atoms with Gasteiger partial charge < -0.3 is 5.32 Å². The van der Waals surface area contributed by atoms with Gasteiger partial charge in [-0.15, -0.1) is 0 Å². The van der Waals surface area contributed by atoms with Gasteiger partial charge in [-0.3, -0.25) is 0 Å². The highest BCUT2D eigenvalue weighted by Crippen LogP contribution is 2.19. The zero-order chi connectivity index (χ0) is 14.7. The van der Waals surface area contributed by atoms with E-state index in [1.807, 2.05) is 0 Å². The largest absolute Gasteiger partial charge is 0.317 e. The lowest BCUT2D eigenvalue weighted by Gasteiger charge is -2.26. The molecule has 0 aromatic carbocycles. The Labute approximate surface area is 122 Å². The minimum absolute atomic E-state index is 0.709. The predicted octanol–water partition coefficient (Wildman–Crippen LogP) is 5.64. The van der Waals surface area contributed by atoms with Crippen LogP contribution in [0.15, 0.2) is 0 Å². The Morgan fingerprint density at radius 2 is 1.16 bits per heavy atom. The van der Waals surface area contributed by atoms with E-state index in [1.165, 1.54) is 51.4 Å². The van der Waals surface area contributed by atoms with E-state index in [1.54, 1.807) is 0 Å². The molecule has 0 saturated carbocycles. The molecule has 116 valence electrons. The summed E-state index contributed by atoms with van der Waals surface area (Å²) in [4.78, 5) is 0. The third-order valence-electron chi connectivity index (χ3n) is 4.60. The predicted molar refractivity (Wildman–Crippen MR) is 88.6 cm³/mol. The fraction of sp³-hybridized carbons (Fsp3) is 1.00. The zero-order valence-corrected chi connectivity index (χ0v) is 14.5. The van der Waals surface area contributed by atoms with Crippen molar-refractivity contribution in [3.8, 4) is 0 Å². The highest BCUT2D eigenvalue weighted by molar-refractivity contribution is 4.74. The second-order valence-corrected chi connectivity index (χ2v) is 7.09. The Balaban J connectivity index is 3.46. The quantitative estimate of drug-likeness (QED) is 0.452. The lowest BCUT2D eigenvalue weighted by molar-refractivity contribution is 0.291. The fourth-order valence-corrected chi connectivity index (χ4v) is 2.76. The Kier molecular flexibility index (Phi) is 11.7. The van der Waals surface area contributed by atoms with Gasteiger partial charge in [-0.1, -0.05) is 79.6 Å². The molecule has 0 fully saturated rings. The molecule has 1 heteroatoms. The molecule has 0 rings (SSSR count). The minimum Gasteiger partial charge on any atom is -0.317 e. The van der Waals surface area contributed by atoms with Crippen molar-refractivity contribution in [1.29, 1.82) is 0 Å². The first-order valence-electron chi connectivity index (χ1n) is 8.66. The summed E-state index contributed by atoms with van der Waals surface area (Å²) in [5, 5.41) is 3.51. The molecule has 0 aliphatic rings. The van der Waals surface area contributed by atoms with E-state index in [2.05, 4.69) is 47.0 Å². The summed E-state index contributed by atoms with van der Waals surface area (Å²) in [6, 6.07) is 0.709. The third-order valence-corrected chi connectivity index (χ3v) is 4.60. The molecule has 1 N–H and O–H groups in total. The molecular weight excluding hydrogens is 230 g/mol. The van der Waals surface area contributed by atoms with Crippen LogP contribution in [-0.2, 0) is 0 Å². The molecule has 0 spiro atoms. The highest BCUT2D eigenvalue weighted by atomic mass is 14.9. The summed E-state index contributed by atoms with van der Waals surface area (Å²) in [6.45, 7) is 11.7. The number of hydrogen-bond acceptors (Lipinski definition) is 1. The smallest absolute Gasteiger partial charge is 0.00921 e. The molecule has 0 aromatic heterocycles. The highest BCUT2D eigenvalue weighted by Gasteiger charge is 2.17. The number of hydrogen-bond donors (Lipinski definition) is 1. The average Bonchev–Trinajstić information content (AvgIpc) is 2.36. The maximum atomic E-state index is 3.51. The van der Waals surface area contributed by atoms with Crippen LogP contribution in [-0.4, -0.2) is 13.1 Å².